The Labute approximate surface area is 148 Å². The predicted molar refractivity (Wildman–Crippen MR) is 94.3 cm³/mol. The highest BCUT2D eigenvalue weighted by molar-refractivity contribution is 14.0. The van der Waals surface area contributed by atoms with Crippen molar-refractivity contribution in [3.63, 3.8) is 0 Å². The summed E-state index contributed by atoms with van der Waals surface area (Å²) in [4.78, 5) is 28.8. The van der Waals surface area contributed by atoms with Crippen molar-refractivity contribution in [2.75, 3.05) is 33.3 Å². The molecule has 2 amide bonds. The maximum Gasteiger partial charge on any atom is 0.229 e. The summed E-state index contributed by atoms with van der Waals surface area (Å²) < 4.78 is 5.53. The molecular formula is C14H25IN4O3. The Morgan fingerprint density at radius 1 is 1.27 bits per heavy atom. The van der Waals surface area contributed by atoms with Gasteiger partial charge in [-0.15, -0.1) is 24.0 Å². The molecule has 2 rings (SSSR count). The molecule has 126 valence electrons. The average Bonchev–Trinajstić information content (AvgIpc) is 2.98. The molecule has 2 aliphatic heterocycles. The number of aliphatic imine (C=N–C) groups is 1. The van der Waals surface area contributed by atoms with Crippen LogP contribution in [-0.2, 0) is 14.3 Å². The van der Waals surface area contributed by atoms with E-state index in [9.17, 15) is 9.59 Å². The van der Waals surface area contributed by atoms with Crippen LogP contribution in [0, 0.1) is 0 Å². The Morgan fingerprint density at radius 3 is 2.59 bits per heavy atom. The van der Waals surface area contributed by atoms with Gasteiger partial charge in [0, 0.05) is 46.1 Å². The van der Waals surface area contributed by atoms with Gasteiger partial charge in [-0.1, -0.05) is 0 Å². The lowest BCUT2D eigenvalue weighted by Crippen LogP contribution is -2.47. The number of ether oxygens (including phenoxy) is 1. The van der Waals surface area contributed by atoms with Crippen LogP contribution >= 0.6 is 24.0 Å². The number of rotatable bonds is 5. The van der Waals surface area contributed by atoms with Gasteiger partial charge in [-0.25, -0.2) is 0 Å². The van der Waals surface area contributed by atoms with Crippen molar-refractivity contribution < 1.29 is 14.3 Å². The van der Waals surface area contributed by atoms with Crippen LogP contribution in [0.4, 0.5) is 0 Å². The van der Waals surface area contributed by atoms with Crippen LogP contribution < -0.4 is 10.6 Å². The van der Waals surface area contributed by atoms with E-state index < -0.39 is 0 Å². The van der Waals surface area contributed by atoms with E-state index in [0.717, 1.165) is 26.0 Å². The van der Waals surface area contributed by atoms with E-state index in [-0.39, 0.29) is 41.9 Å². The van der Waals surface area contributed by atoms with E-state index >= 15 is 0 Å². The number of nitrogens with one attached hydrogen (secondary N) is 2. The Balaban J connectivity index is 0.00000242. The first kappa shape index (κ1) is 19.1. The van der Waals surface area contributed by atoms with Gasteiger partial charge in [0.15, 0.2) is 5.96 Å². The summed E-state index contributed by atoms with van der Waals surface area (Å²) >= 11 is 0. The number of hydrogen-bond acceptors (Lipinski definition) is 4. The molecule has 7 nitrogen and oxygen atoms in total. The molecule has 2 saturated heterocycles. The van der Waals surface area contributed by atoms with Crippen molar-refractivity contribution in [1.29, 1.82) is 0 Å². The summed E-state index contributed by atoms with van der Waals surface area (Å²) in [6, 6.07) is 0. The maximum atomic E-state index is 11.7. The van der Waals surface area contributed by atoms with E-state index in [4.69, 9.17) is 4.74 Å². The standard InChI is InChI=1S/C14H24N4O3.HI/c1-15-14(17-10-11-4-3-9-21-11)16-7-8-18-12(19)5-2-6-13(18)20;/h11H,2-10H2,1H3,(H2,15,16,17);1H. The first-order valence-electron chi connectivity index (χ1n) is 7.60. The second-order valence-corrected chi connectivity index (χ2v) is 5.31. The molecule has 0 bridgehead atoms. The van der Waals surface area contributed by atoms with Crippen LogP contribution in [0.25, 0.3) is 0 Å². The zero-order valence-electron chi connectivity index (χ0n) is 13.0. The number of imide groups is 1. The highest BCUT2D eigenvalue weighted by Gasteiger charge is 2.25. The third-order valence-corrected chi connectivity index (χ3v) is 3.76. The highest BCUT2D eigenvalue weighted by atomic mass is 127. The summed E-state index contributed by atoms with van der Waals surface area (Å²) in [6.07, 6.45) is 4.04. The van der Waals surface area contributed by atoms with E-state index in [1.54, 1.807) is 7.05 Å². The van der Waals surface area contributed by atoms with Gasteiger partial charge in [-0.05, 0) is 19.3 Å². The number of nitrogens with zero attached hydrogens (tertiary/aromatic N) is 2. The Kier molecular flexibility index (Phi) is 8.69. The van der Waals surface area contributed by atoms with E-state index in [0.29, 0.717) is 38.3 Å². The van der Waals surface area contributed by atoms with Crippen molar-refractivity contribution in [1.82, 2.24) is 15.5 Å². The zero-order chi connectivity index (χ0) is 15.1. The van der Waals surface area contributed by atoms with Gasteiger partial charge in [0.2, 0.25) is 11.8 Å². The fourth-order valence-corrected chi connectivity index (χ4v) is 2.57. The molecule has 1 unspecified atom stereocenters. The normalized spacial score (nSPS) is 22.5. The third-order valence-electron chi connectivity index (χ3n) is 3.76. The fourth-order valence-electron chi connectivity index (χ4n) is 2.57. The van der Waals surface area contributed by atoms with E-state index in [1.807, 2.05) is 0 Å². The molecule has 22 heavy (non-hydrogen) atoms. The first-order chi connectivity index (χ1) is 10.2. The van der Waals surface area contributed by atoms with Gasteiger partial charge in [-0.3, -0.25) is 19.5 Å². The molecule has 2 N–H and O–H groups in total. The van der Waals surface area contributed by atoms with Crippen LogP contribution in [0.3, 0.4) is 0 Å². The summed E-state index contributed by atoms with van der Waals surface area (Å²) in [5.41, 5.74) is 0. The smallest absolute Gasteiger partial charge is 0.229 e. The predicted octanol–water partition coefficient (Wildman–Crippen LogP) is 0.487. The minimum Gasteiger partial charge on any atom is -0.376 e. The van der Waals surface area contributed by atoms with Crippen molar-refractivity contribution in [2.45, 2.75) is 38.2 Å². The number of hydrogen-bond donors (Lipinski definition) is 2. The number of piperidine rings is 1. The number of halogens is 1. The van der Waals surface area contributed by atoms with Crippen LogP contribution in [0.5, 0.6) is 0 Å². The molecule has 1 atom stereocenters. The monoisotopic (exact) mass is 424 g/mol. The molecule has 2 aliphatic rings. The maximum absolute atomic E-state index is 11.7. The summed E-state index contributed by atoms with van der Waals surface area (Å²) in [6.45, 7) is 2.44. The SMILES string of the molecule is CN=C(NCCN1C(=O)CCCC1=O)NCC1CCCO1.I. The number of likely N-dealkylation sites (tertiary alicyclic amines) is 1. The lowest BCUT2D eigenvalue weighted by atomic mass is 10.1. The van der Waals surface area contributed by atoms with E-state index in [2.05, 4.69) is 15.6 Å². The lowest BCUT2D eigenvalue weighted by Gasteiger charge is -2.25. The largest absolute Gasteiger partial charge is 0.376 e. The van der Waals surface area contributed by atoms with Gasteiger partial charge in [0.1, 0.15) is 0 Å². The minimum atomic E-state index is -0.0737. The molecule has 0 aliphatic carbocycles. The Bertz CT molecular complexity index is 395. The molecule has 0 radical (unpaired) electrons. The van der Waals surface area contributed by atoms with Gasteiger partial charge in [0.25, 0.3) is 0 Å². The second-order valence-electron chi connectivity index (χ2n) is 5.31. The third kappa shape index (κ3) is 5.71. The molecule has 8 heteroatoms. The first-order valence-corrected chi connectivity index (χ1v) is 7.60. The van der Waals surface area contributed by atoms with Gasteiger partial charge >= 0.3 is 0 Å². The van der Waals surface area contributed by atoms with Gasteiger partial charge < -0.3 is 15.4 Å². The minimum absolute atomic E-state index is 0. The molecule has 0 aromatic rings. The molecule has 0 saturated carbocycles. The van der Waals surface area contributed by atoms with Crippen molar-refractivity contribution >= 4 is 41.8 Å². The summed E-state index contributed by atoms with van der Waals surface area (Å²) in [5, 5.41) is 6.32. The highest BCUT2D eigenvalue weighted by Crippen LogP contribution is 2.11. The topological polar surface area (TPSA) is 83.0 Å². The van der Waals surface area contributed by atoms with Gasteiger partial charge in [-0.2, -0.15) is 0 Å². The van der Waals surface area contributed by atoms with Crippen LogP contribution in [-0.4, -0.2) is 62.1 Å². The fraction of sp³-hybridized carbons (Fsp3) is 0.786. The average molecular weight is 424 g/mol. The number of guanidine groups is 1. The van der Waals surface area contributed by atoms with Crippen LogP contribution in [0.1, 0.15) is 32.1 Å². The molecular weight excluding hydrogens is 399 g/mol. The van der Waals surface area contributed by atoms with Crippen LogP contribution in [0.15, 0.2) is 4.99 Å². The van der Waals surface area contributed by atoms with Crippen LogP contribution in [0.2, 0.25) is 0 Å². The lowest BCUT2D eigenvalue weighted by molar-refractivity contribution is -0.147. The second kappa shape index (κ2) is 9.98. The quantitative estimate of drug-likeness (QED) is 0.291. The van der Waals surface area contributed by atoms with Crippen molar-refractivity contribution in [3.8, 4) is 0 Å². The zero-order valence-corrected chi connectivity index (χ0v) is 15.3. The van der Waals surface area contributed by atoms with Crippen molar-refractivity contribution in [3.05, 3.63) is 0 Å². The molecule has 2 fully saturated rings. The summed E-state index contributed by atoms with van der Waals surface area (Å²) in [5.74, 6) is 0.521. The number of amides is 2. The number of carbonyl (C=O) groups is 2. The molecule has 0 aromatic carbocycles. The number of carbonyl (C=O) groups excluding carboxylic acids is 2. The molecule has 0 spiro atoms. The summed E-state index contributed by atoms with van der Waals surface area (Å²) in [7, 11) is 1.70. The molecule has 2 heterocycles. The molecule has 0 aromatic heterocycles. The van der Waals surface area contributed by atoms with E-state index in [1.165, 1.54) is 4.90 Å². The Hall–Kier alpha value is -0.900. The van der Waals surface area contributed by atoms with Gasteiger partial charge in [0.05, 0.1) is 6.10 Å². The Morgan fingerprint density at radius 2 is 2.00 bits per heavy atom. The van der Waals surface area contributed by atoms with Crippen molar-refractivity contribution in [2.24, 2.45) is 4.99 Å².